The Kier molecular flexibility index (Phi) is 7.79. The number of aromatic nitrogens is 1. The molecule has 0 radical (unpaired) electrons. The van der Waals surface area contributed by atoms with E-state index in [2.05, 4.69) is 19.9 Å². The molecular formula is C29H39N7O2S. The Labute approximate surface area is 233 Å². The number of likely N-dealkylation sites (tertiary alicyclic amines) is 1. The topological polar surface area (TPSA) is 125 Å². The number of benzene rings is 2. The average molecular weight is 550 g/mol. The van der Waals surface area contributed by atoms with E-state index in [0.717, 1.165) is 43.7 Å². The van der Waals surface area contributed by atoms with Crippen molar-refractivity contribution in [3.05, 3.63) is 83.6 Å². The molecule has 0 amide bonds. The second kappa shape index (κ2) is 11.3. The Bertz CT molecular complexity index is 1470. The van der Waals surface area contributed by atoms with Crippen molar-refractivity contribution in [1.82, 2.24) is 14.6 Å². The molecular weight excluding hydrogens is 510 g/mol. The lowest BCUT2D eigenvalue weighted by molar-refractivity contribution is 0.200. The molecule has 5 rings (SSSR count). The first-order valence-corrected chi connectivity index (χ1v) is 15.0. The largest absolute Gasteiger partial charge is 0.338 e. The zero-order valence-electron chi connectivity index (χ0n) is 22.3. The van der Waals surface area contributed by atoms with Gasteiger partial charge in [0.05, 0.1) is 17.1 Å². The highest BCUT2D eigenvalue weighted by atomic mass is 32.2. The number of hydrogen-bond acceptors (Lipinski definition) is 7. The second-order valence-electron chi connectivity index (χ2n) is 10.6. The molecule has 4 N–H and O–H groups in total. The van der Waals surface area contributed by atoms with Gasteiger partial charge in [-0.3, -0.25) is 20.6 Å². The van der Waals surface area contributed by atoms with Crippen LogP contribution in [0.5, 0.6) is 0 Å². The van der Waals surface area contributed by atoms with Crippen molar-refractivity contribution < 1.29 is 11.3 Å². The summed E-state index contributed by atoms with van der Waals surface area (Å²) in [5.41, 5.74) is 3.97. The smallest absolute Gasteiger partial charge is 0.212 e. The van der Waals surface area contributed by atoms with Gasteiger partial charge in [-0.15, -0.1) is 0 Å². The lowest BCUT2D eigenvalue weighted by atomic mass is 10.0. The lowest BCUT2D eigenvalue weighted by Gasteiger charge is -2.32. The minimum absolute atomic E-state index is 0. The van der Waals surface area contributed by atoms with Crippen LogP contribution in [-0.2, 0) is 16.6 Å². The number of rotatable bonds is 7. The van der Waals surface area contributed by atoms with E-state index >= 15 is 0 Å². The fourth-order valence-electron chi connectivity index (χ4n) is 5.18. The molecule has 2 aromatic carbocycles. The van der Waals surface area contributed by atoms with Crippen molar-refractivity contribution in [2.24, 2.45) is 5.92 Å². The van der Waals surface area contributed by atoms with Crippen LogP contribution in [0.15, 0.2) is 66.9 Å². The molecule has 0 aliphatic carbocycles. The van der Waals surface area contributed by atoms with Gasteiger partial charge in [-0.2, -0.15) is 0 Å². The number of nitrogens with zero attached hydrogens (tertiary/aromatic N) is 3. The molecule has 0 spiro atoms. The molecule has 2 aliphatic rings. The number of sulfonamides is 1. The summed E-state index contributed by atoms with van der Waals surface area (Å²) >= 11 is 0. The SMILES string of the molecule is CC(C)CS(=O)(=O)NC1CCN(Cc2ccc(C(=N)N3C(=N)c4ccccc4Nc4ncccc43)cc2)CC1.[HH].[HH]. The second-order valence-corrected chi connectivity index (χ2v) is 12.4. The Morgan fingerprint density at radius 2 is 1.82 bits per heavy atom. The zero-order valence-corrected chi connectivity index (χ0v) is 23.1. The highest BCUT2D eigenvalue weighted by Gasteiger charge is 2.28. The summed E-state index contributed by atoms with van der Waals surface area (Å²) in [6, 6.07) is 19.2. The van der Waals surface area contributed by atoms with Crippen molar-refractivity contribution in [1.29, 1.82) is 10.8 Å². The molecule has 0 bridgehead atoms. The molecule has 1 saturated heterocycles. The van der Waals surface area contributed by atoms with Crippen LogP contribution in [0, 0.1) is 16.7 Å². The Morgan fingerprint density at radius 3 is 2.54 bits per heavy atom. The van der Waals surface area contributed by atoms with E-state index in [1.54, 1.807) is 11.1 Å². The third-order valence-electron chi connectivity index (χ3n) is 7.03. The molecule has 1 fully saturated rings. The number of amidine groups is 2. The number of hydrogen-bond donors (Lipinski definition) is 4. The van der Waals surface area contributed by atoms with Crippen molar-refractivity contribution in [3.8, 4) is 0 Å². The molecule has 0 atom stereocenters. The summed E-state index contributed by atoms with van der Waals surface area (Å²) in [4.78, 5) is 8.43. The fraction of sp³-hybridized carbons (Fsp3) is 0.345. The predicted molar refractivity (Wildman–Crippen MR) is 161 cm³/mol. The summed E-state index contributed by atoms with van der Waals surface area (Å²) in [7, 11) is -3.24. The molecule has 10 heteroatoms. The van der Waals surface area contributed by atoms with Gasteiger partial charge in [0, 0.05) is 45.9 Å². The van der Waals surface area contributed by atoms with E-state index in [1.807, 2.05) is 74.5 Å². The van der Waals surface area contributed by atoms with Crippen LogP contribution in [0.3, 0.4) is 0 Å². The summed E-state index contributed by atoms with van der Waals surface area (Å²) in [6.07, 6.45) is 3.28. The van der Waals surface area contributed by atoms with Crippen LogP contribution in [0.4, 0.5) is 17.2 Å². The van der Waals surface area contributed by atoms with Crippen molar-refractivity contribution in [2.75, 3.05) is 29.1 Å². The van der Waals surface area contributed by atoms with Crippen molar-refractivity contribution >= 4 is 38.9 Å². The summed E-state index contributed by atoms with van der Waals surface area (Å²) < 4.78 is 27.4. The molecule has 9 nitrogen and oxygen atoms in total. The Hall–Kier alpha value is -3.60. The number of nitrogens with one attached hydrogen (secondary N) is 4. The number of para-hydroxylation sites is 1. The molecule has 0 unspecified atom stereocenters. The molecule has 39 heavy (non-hydrogen) atoms. The number of anilines is 3. The van der Waals surface area contributed by atoms with Gasteiger partial charge in [0.25, 0.3) is 0 Å². The minimum atomic E-state index is -3.24. The van der Waals surface area contributed by atoms with Gasteiger partial charge in [0.15, 0.2) is 5.82 Å². The van der Waals surface area contributed by atoms with Crippen LogP contribution in [-0.4, -0.2) is 54.9 Å². The Balaban J connectivity index is 0.00000231. The normalized spacial score (nSPS) is 16.4. The first-order chi connectivity index (χ1) is 18.7. The van der Waals surface area contributed by atoms with Crippen LogP contribution >= 0.6 is 0 Å². The van der Waals surface area contributed by atoms with Crippen LogP contribution in [0.1, 0.15) is 46.2 Å². The monoisotopic (exact) mass is 549 g/mol. The van der Waals surface area contributed by atoms with Crippen molar-refractivity contribution in [2.45, 2.75) is 39.3 Å². The standard InChI is InChI=1S/C29H35N7O2S.2H2/c1-20(2)19-39(37,38)34-23-13-16-35(17-14-23)18-21-9-11-22(12-10-21)27(30)36-26-8-5-15-32-29(26)33-25-7-4-3-6-24(25)28(36)31;;/h3-12,15,20,23,30-31,34H,13-14,16-19H2,1-2H3,(H,32,33);2*1H. The third kappa shape index (κ3) is 6.19. The molecule has 2 aliphatic heterocycles. The lowest BCUT2D eigenvalue weighted by Crippen LogP contribution is -2.45. The van der Waals surface area contributed by atoms with E-state index < -0.39 is 10.0 Å². The molecule has 3 heterocycles. The maximum absolute atomic E-state index is 12.3. The maximum atomic E-state index is 12.3. The molecule has 1 aromatic heterocycles. The Morgan fingerprint density at radius 1 is 1.10 bits per heavy atom. The van der Waals surface area contributed by atoms with E-state index in [0.29, 0.717) is 22.6 Å². The fourth-order valence-corrected chi connectivity index (χ4v) is 6.90. The van der Waals surface area contributed by atoms with Gasteiger partial charge >= 0.3 is 0 Å². The first-order valence-electron chi connectivity index (χ1n) is 13.3. The minimum Gasteiger partial charge on any atom is -0.338 e. The first kappa shape index (κ1) is 27.0. The van der Waals surface area contributed by atoms with Gasteiger partial charge in [-0.1, -0.05) is 50.2 Å². The van der Waals surface area contributed by atoms with Crippen LogP contribution < -0.4 is 14.9 Å². The summed E-state index contributed by atoms with van der Waals surface area (Å²) in [6.45, 7) is 6.25. The van der Waals surface area contributed by atoms with Gasteiger partial charge in [-0.05, 0) is 48.6 Å². The van der Waals surface area contributed by atoms with Gasteiger partial charge in [-0.25, -0.2) is 18.1 Å². The number of fused-ring (bicyclic) bond motifs is 2. The average Bonchev–Trinajstić information content (AvgIpc) is 3.03. The van der Waals surface area contributed by atoms with E-state index in [-0.39, 0.29) is 32.2 Å². The third-order valence-corrected chi connectivity index (χ3v) is 8.83. The summed E-state index contributed by atoms with van der Waals surface area (Å²) in [5, 5.41) is 21.3. The zero-order chi connectivity index (χ0) is 27.6. The van der Waals surface area contributed by atoms with E-state index in [1.165, 1.54) is 0 Å². The van der Waals surface area contributed by atoms with Crippen LogP contribution in [0.2, 0.25) is 0 Å². The van der Waals surface area contributed by atoms with Crippen molar-refractivity contribution in [3.63, 3.8) is 0 Å². The van der Waals surface area contributed by atoms with E-state index in [4.69, 9.17) is 10.8 Å². The van der Waals surface area contributed by atoms with Gasteiger partial charge in [0.2, 0.25) is 10.0 Å². The highest BCUT2D eigenvalue weighted by Crippen LogP contribution is 2.34. The van der Waals surface area contributed by atoms with Gasteiger partial charge in [0.1, 0.15) is 11.7 Å². The number of pyridine rings is 1. The predicted octanol–water partition coefficient (Wildman–Crippen LogP) is 5.03. The molecule has 0 saturated carbocycles. The molecule has 3 aromatic rings. The maximum Gasteiger partial charge on any atom is 0.212 e. The highest BCUT2D eigenvalue weighted by molar-refractivity contribution is 7.89. The van der Waals surface area contributed by atoms with E-state index in [9.17, 15) is 8.42 Å². The quantitative estimate of drug-likeness (QED) is 0.242. The number of piperidine rings is 1. The summed E-state index contributed by atoms with van der Waals surface area (Å²) in [5.74, 6) is 1.29. The molecule has 208 valence electrons. The van der Waals surface area contributed by atoms with Gasteiger partial charge < -0.3 is 5.32 Å². The van der Waals surface area contributed by atoms with Crippen LogP contribution in [0.25, 0.3) is 0 Å².